The molecular formula is C10H23NO. The van der Waals surface area contributed by atoms with Crippen LogP contribution in [0, 0.1) is 5.41 Å². The maximum Gasteiger partial charge on any atom is 0.0589 e. The first-order chi connectivity index (χ1) is 5.45. The van der Waals surface area contributed by atoms with Gasteiger partial charge in [0.15, 0.2) is 0 Å². The third kappa shape index (κ3) is 8.02. The van der Waals surface area contributed by atoms with E-state index in [-0.39, 0.29) is 0 Å². The highest BCUT2D eigenvalue weighted by atomic mass is 16.5. The van der Waals surface area contributed by atoms with Gasteiger partial charge in [-0.1, -0.05) is 20.8 Å². The van der Waals surface area contributed by atoms with Gasteiger partial charge >= 0.3 is 0 Å². The summed E-state index contributed by atoms with van der Waals surface area (Å²) in [5.74, 6) is 0. The monoisotopic (exact) mass is 173 g/mol. The molecule has 0 aliphatic heterocycles. The van der Waals surface area contributed by atoms with Gasteiger partial charge in [0.1, 0.15) is 0 Å². The van der Waals surface area contributed by atoms with Gasteiger partial charge in [-0.3, -0.25) is 0 Å². The first-order valence-electron chi connectivity index (χ1n) is 4.63. The van der Waals surface area contributed by atoms with Gasteiger partial charge in [-0.15, -0.1) is 0 Å². The molecule has 0 aromatic carbocycles. The molecule has 0 aromatic rings. The van der Waals surface area contributed by atoms with Crippen molar-refractivity contribution in [2.45, 2.75) is 27.2 Å². The molecule has 0 bridgehead atoms. The molecule has 0 aliphatic rings. The summed E-state index contributed by atoms with van der Waals surface area (Å²) < 4.78 is 5.00. The van der Waals surface area contributed by atoms with Crippen molar-refractivity contribution in [1.29, 1.82) is 0 Å². The highest BCUT2D eigenvalue weighted by Crippen LogP contribution is 2.18. The van der Waals surface area contributed by atoms with Crippen LogP contribution in [0.25, 0.3) is 0 Å². The molecule has 0 spiro atoms. The zero-order valence-corrected chi connectivity index (χ0v) is 9.18. The molecule has 0 saturated carbocycles. The molecule has 0 saturated heterocycles. The number of rotatable bonds is 5. The largest absolute Gasteiger partial charge is 0.383 e. The lowest BCUT2D eigenvalue weighted by Crippen LogP contribution is -2.26. The summed E-state index contributed by atoms with van der Waals surface area (Å²) >= 11 is 0. The molecule has 0 unspecified atom stereocenters. The van der Waals surface area contributed by atoms with E-state index in [1.54, 1.807) is 7.11 Å². The Labute approximate surface area is 76.9 Å². The summed E-state index contributed by atoms with van der Waals surface area (Å²) in [6.07, 6.45) is 1.24. The van der Waals surface area contributed by atoms with Crippen molar-refractivity contribution in [2.75, 3.05) is 33.9 Å². The average Bonchev–Trinajstić information content (AvgIpc) is 1.95. The van der Waals surface area contributed by atoms with Crippen LogP contribution >= 0.6 is 0 Å². The van der Waals surface area contributed by atoms with E-state index >= 15 is 0 Å². The first-order valence-corrected chi connectivity index (χ1v) is 4.63. The fourth-order valence-corrected chi connectivity index (χ4v) is 0.885. The van der Waals surface area contributed by atoms with E-state index in [9.17, 15) is 0 Å². The van der Waals surface area contributed by atoms with Crippen molar-refractivity contribution in [3.63, 3.8) is 0 Å². The summed E-state index contributed by atoms with van der Waals surface area (Å²) in [6.45, 7) is 9.85. The molecule has 0 N–H and O–H groups in total. The van der Waals surface area contributed by atoms with E-state index in [1.807, 2.05) is 0 Å². The zero-order valence-electron chi connectivity index (χ0n) is 9.18. The standard InChI is InChI=1S/C10H23NO/c1-10(2,3)6-7-11(4)8-9-12-5/h6-9H2,1-5H3. The van der Waals surface area contributed by atoms with Crippen molar-refractivity contribution < 1.29 is 4.74 Å². The Kier molecular flexibility index (Phi) is 5.51. The van der Waals surface area contributed by atoms with Crippen LogP contribution in [0.1, 0.15) is 27.2 Å². The number of hydrogen-bond acceptors (Lipinski definition) is 2. The van der Waals surface area contributed by atoms with E-state index in [0.717, 1.165) is 19.7 Å². The smallest absolute Gasteiger partial charge is 0.0589 e. The van der Waals surface area contributed by atoms with Crippen LogP contribution in [0.4, 0.5) is 0 Å². The molecule has 0 amide bonds. The number of hydrogen-bond donors (Lipinski definition) is 0. The lowest BCUT2D eigenvalue weighted by Gasteiger charge is -2.23. The Morgan fingerprint density at radius 3 is 2.17 bits per heavy atom. The van der Waals surface area contributed by atoms with E-state index < -0.39 is 0 Å². The number of methoxy groups -OCH3 is 1. The van der Waals surface area contributed by atoms with Crippen molar-refractivity contribution >= 4 is 0 Å². The average molecular weight is 173 g/mol. The SMILES string of the molecule is COCCN(C)CCC(C)(C)C. The third-order valence-electron chi connectivity index (χ3n) is 1.92. The maximum atomic E-state index is 5.00. The van der Waals surface area contributed by atoms with E-state index in [1.165, 1.54) is 6.42 Å². The lowest BCUT2D eigenvalue weighted by molar-refractivity contribution is 0.154. The van der Waals surface area contributed by atoms with Crippen molar-refractivity contribution in [3.8, 4) is 0 Å². The Morgan fingerprint density at radius 1 is 1.17 bits per heavy atom. The second-order valence-corrected chi connectivity index (χ2v) is 4.61. The molecular weight excluding hydrogens is 150 g/mol. The normalized spacial score (nSPS) is 12.5. The fourth-order valence-electron chi connectivity index (χ4n) is 0.885. The second-order valence-electron chi connectivity index (χ2n) is 4.61. The molecule has 0 atom stereocenters. The topological polar surface area (TPSA) is 12.5 Å². The van der Waals surface area contributed by atoms with Gasteiger partial charge in [0.25, 0.3) is 0 Å². The summed E-state index contributed by atoms with van der Waals surface area (Å²) in [7, 11) is 3.89. The van der Waals surface area contributed by atoms with E-state index in [2.05, 4.69) is 32.7 Å². The number of likely N-dealkylation sites (N-methyl/N-ethyl adjacent to an activating group) is 1. The number of nitrogens with zero attached hydrogens (tertiary/aromatic N) is 1. The molecule has 12 heavy (non-hydrogen) atoms. The molecule has 2 nitrogen and oxygen atoms in total. The summed E-state index contributed by atoms with van der Waals surface area (Å²) in [4.78, 5) is 2.31. The lowest BCUT2D eigenvalue weighted by atomic mass is 9.92. The molecule has 2 heteroatoms. The molecule has 0 aliphatic carbocycles. The van der Waals surface area contributed by atoms with Gasteiger partial charge in [0.05, 0.1) is 6.61 Å². The molecule has 0 rings (SSSR count). The Balaban J connectivity index is 3.37. The Hall–Kier alpha value is -0.0800. The van der Waals surface area contributed by atoms with Crippen LogP contribution in [0.15, 0.2) is 0 Å². The Bertz CT molecular complexity index is 107. The first kappa shape index (κ1) is 11.9. The van der Waals surface area contributed by atoms with Crippen LogP contribution in [-0.4, -0.2) is 38.8 Å². The quantitative estimate of drug-likeness (QED) is 0.630. The van der Waals surface area contributed by atoms with E-state index in [4.69, 9.17) is 4.74 Å². The second kappa shape index (κ2) is 5.55. The predicted octanol–water partition coefficient (Wildman–Crippen LogP) is 2.00. The minimum Gasteiger partial charge on any atom is -0.383 e. The van der Waals surface area contributed by atoms with Crippen molar-refractivity contribution in [3.05, 3.63) is 0 Å². The van der Waals surface area contributed by atoms with E-state index in [0.29, 0.717) is 5.41 Å². The van der Waals surface area contributed by atoms with Gasteiger partial charge < -0.3 is 9.64 Å². The van der Waals surface area contributed by atoms with Crippen LogP contribution in [-0.2, 0) is 4.74 Å². The fraction of sp³-hybridized carbons (Fsp3) is 1.00. The molecule has 0 radical (unpaired) electrons. The Morgan fingerprint density at radius 2 is 1.75 bits per heavy atom. The van der Waals surface area contributed by atoms with Gasteiger partial charge in [0.2, 0.25) is 0 Å². The van der Waals surface area contributed by atoms with Crippen LogP contribution in [0.3, 0.4) is 0 Å². The summed E-state index contributed by atoms with van der Waals surface area (Å²) in [5.41, 5.74) is 0.446. The molecule has 0 aromatic heterocycles. The third-order valence-corrected chi connectivity index (χ3v) is 1.92. The van der Waals surface area contributed by atoms with Gasteiger partial charge in [-0.05, 0) is 25.4 Å². The van der Waals surface area contributed by atoms with Crippen molar-refractivity contribution in [2.24, 2.45) is 5.41 Å². The van der Waals surface area contributed by atoms with Gasteiger partial charge in [-0.25, -0.2) is 0 Å². The van der Waals surface area contributed by atoms with Crippen LogP contribution < -0.4 is 0 Å². The number of ether oxygens (including phenoxy) is 1. The van der Waals surface area contributed by atoms with Gasteiger partial charge in [-0.2, -0.15) is 0 Å². The highest BCUT2D eigenvalue weighted by Gasteiger charge is 2.10. The van der Waals surface area contributed by atoms with Crippen LogP contribution in [0.2, 0.25) is 0 Å². The molecule has 0 fully saturated rings. The zero-order chi connectivity index (χ0) is 9.61. The minimum atomic E-state index is 0.446. The highest BCUT2D eigenvalue weighted by molar-refractivity contribution is 4.63. The maximum absolute atomic E-state index is 5.00. The summed E-state index contributed by atoms with van der Waals surface area (Å²) in [6, 6.07) is 0. The molecule has 0 heterocycles. The van der Waals surface area contributed by atoms with Gasteiger partial charge in [0, 0.05) is 13.7 Å². The predicted molar refractivity (Wildman–Crippen MR) is 53.4 cm³/mol. The van der Waals surface area contributed by atoms with Crippen molar-refractivity contribution in [1.82, 2.24) is 4.90 Å². The minimum absolute atomic E-state index is 0.446. The molecule has 74 valence electrons. The van der Waals surface area contributed by atoms with Crippen LogP contribution in [0.5, 0.6) is 0 Å². The summed E-state index contributed by atoms with van der Waals surface area (Å²) in [5, 5.41) is 0.